The van der Waals surface area contributed by atoms with Crippen LogP contribution in [0.5, 0.6) is 17.4 Å². The standard InChI is InChI=1S/C21H25N5O2S/c1-4-27-17-7-5-6-8-18(17)28-19-10-9-16(12-23-19)13-25-21(22-3)26-14-20-24-11-15(2)29-20/h5-12H,4,13-14H2,1-3H3,(H2,22,25,26). The van der Waals surface area contributed by atoms with Crippen LogP contribution in [-0.2, 0) is 13.1 Å². The molecule has 7 nitrogen and oxygen atoms in total. The van der Waals surface area contributed by atoms with Crippen LogP contribution in [0.1, 0.15) is 22.4 Å². The molecule has 0 saturated heterocycles. The van der Waals surface area contributed by atoms with Gasteiger partial charge in [-0.3, -0.25) is 4.99 Å². The van der Waals surface area contributed by atoms with Gasteiger partial charge in [0.25, 0.3) is 0 Å². The molecule has 0 aliphatic heterocycles. The summed E-state index contributed by atoms with van der Waals surface area (Å²) in [6.07, 6.45) is 3.66. The van der Waals surface area contributed by atoms with E-state index >= 15 is 0 Å². The van der Waals surface area contributed by atoms with E-state index in [-0.39, 0.29) is 0 Å². The first kappa shape index (κ1) is 20.6. The third-order valence-corrected chi connectivity index (χ3v) is 4.83. The molecule has 0 amide bonds. The number of pyridine rings is 1. The smallest absolute Gasteiger partial charge is 0.219 e. The van der Waals surface area contributed by atoms with Crippen LogP contribution in [-0.4, -0.2) is 29.6 Å². The summed E-state index contributed by atoms with van der Waals surface area (Å²) in [5.74, 6) is 2.58. The normalized spacial score (nSPS) is 11.2. The van der Waals surface area contributed by atoms with Crippen molar-refractivity contribution in [1.29, 1.82) is 0 Å². The highest BCUT2D eigenvalue weighted by Crippen LogP contribution is 2.30. The van der Waals surface area contributed by atoms with Crippen LogP contribution < -0.4 is 20.1 Å². The molecule has 2 aromatic heterocycles. The lowest BCUT2D eigenvalue weighted by molar-refractivity contribution is 0.319. The third-order valence-electron chi connectivity index (χ3n) is 3.92. The van der Waals surface area contributed by atoms with Gasteiger partial charge in [0, 0.05) is 36.9 Å². The number of aliphatic imine (C=N–C) groups is 1. The van der Waals surface area contributed by atoms with E-state index in [2.05, 4.69) is 25.6 Å². The van der Waals surface area contributed by atoms with Gasteiger partial charge in [-0.2, -0.15) is 0 Å². The van der Waals surface area contributed by atoms with Crippen molar-refractivity contribution in [1.82, 2.24) is 20.6 Å². The number of hydrogen-bond donors (Lipinski definition) is 2. The summed E-state index contributed by atoms with van der Waals surface area (Å²) in [7, 11) is 1.74. The van der Waals surface area contributed by atoms with Crippen molar-refractivity contribution >= 4 is 17.3 Å². The second-order valence-corrected chi connectivity index (χ2v) is 7.45. The molecule has 1 aromatic carbocycles. The largest absolute Gasteiger partial charge is 0.490 e. The SMILES string of the molecule is CCOc1ccccc1Oc1ccc(CNC(=NC)NCc2ncc(C)s2)cn1. The summed E-state index contributed by atoms with van der Waals surface area (Å²) in [5, 5.41) is 7.56. The van der Waals surface area contributed by atoms with Crippen molar-refractivity contribution in [3.63, 3.8) is 0 Å². The molecular formula is C21H25N5O2S. The van der Waals surface area contributed by atoms with Crippen LogP contribution >= 0.6 is 11.3 Å². The zero-order chi connectivity index (χ0) is 20.5. The topological polar surface area (TPSA) is 80.7 Å². The fourth-order valence-electron chi connectivity index (χ4n) is 2.55. The quantitative estimate of drug-likeness (QED) is 0.432. The van der Waals surface area contributed by atoms with Crippen LogP contribution in [0.2, 0.25) is 0 Å². The monoisotopic (exact) mass is 411 g/mol. The molecule has 0 fully saturated rings. The number of hydrogen-bond acceptors (Lipinski definition) is 6. The van der Waals surface area contributed by atoms with Crippen LogP contribution in [0.15, 0.2) is 53.8 Å². The van der Waals surface area contributed by atoms with E-state index in [9.17, 15) is 0 Å². The Balaban J connectivity index is 1.52. The van der Waals surface area contributed by atoms with Crippen LogP contribution in [0.3, 0.4) is 0 Å². The predicted octanol–water partition coefficient (Wildman–Crippen LogP) is 3.90. The molecular weight excluding hydrogens is 386 g/mol. The first-order valence-corrected chi connectivity index (χ1v) is 10.2. The molecule has 0 radical (unpaired) electrons. The number of para-hydroxylation sites is 2. The van der Waals surface area contributed by atoms with Gasteiger partial charge in [0.1, 0.15) is 5.01 Å². The minimum atomic E-state index is 0.516. The Bertz CT molecular complexity index is 940. The number of guanidine groups is 1. The van der Waals surface area contributed by atoms with Crippen LogP contribution in [0, 0.1) is 6.92 Å². The Hall–Kier alpha value is -3.13. The van der Waals surface area contributed by atoms with E-state index in [4.69, 9.17) is 9.47 Å². The molecule has 2 heterocycles. The highest BCUT2D eigenvalue weighted by atomic mass is 32.1. The van der Waals surface area contributed by atoms with Crippen molar-refractivity contribution in [3.05, 3.63) is 64.2 Å². The molecule has 0 aliphatic rings. The van der Waals surface area contributed by atoms with Gasteiger partial charge in [0.15, 0.2) is 17.5 Å². The van der Waals surface area contributed by atoms with Crippen molar-refractivity contribution < 1.29 is 9.47 Å². The summed E-state index contributed by atoms with van der Waals surface area (Å²) in [6.45, 7) is 5.80. The highest BCUT2D eigenvalue weighted by Gasteiger charge is 2.07. The number of nitrogens with zero attached hydrogens (tertiary/aromatic N) is 3. The van der Waals surface area contributed by atoms with Gasteiger partial charge in [-0.1, -0.05) is 18.2 Å². The van der Waals surface area contributed by atoms with Gasteiger partial charge in [0.2, 0.25) is 5.88 Å². The second-order valence-electron chi connectivity index (χ2n) is 6.13. The molecule has 0 aliphatic carbocycles. The number of rotatable bonds is 8. The molecule has 8 heteroatoms. The maximum Gasteiger partial charge on any atom is 0.219 e. The molecule has 29 heavy (non-hydrogen) atoms. The summed E-state index contributed by atoms with van der Waals surface area (Å²) in [5.41, 5.74) is 1.02. The highest BCUT2D eigenvalue weighted by molar-refractivity contribution is 7.11. The lowest BCUT2D eigenvalue weighted by Gasteiger charge is -2.12. The molecule has 2 N–H and O–H groups in total. The minimum Gasteiger partial charge on any atom is -0.490 e. The Morgan fingerprint density at radius 2 is 1.83 bits per heavy atom. The zero-order valence-electron chi connectivity index (χ0n) is 16.8. The summed E-state index contributed by atoms with van der Waals surface area (Å²) in [4.78, 5) is 14.2. The Kier molecular flexibility index (Phi) is 7.40. The number of ether oxygens (including phenoxy) is 2. The minimum absolute atomic E-state index is 0.516. The summed E-state index contributed by atoms with van der Waals surface area (Å²) in [6, 6.07) is 11.4. The van der Waals surface area contributed by atoms with E-state index in [1.807, 2.05) is 56.4 Å². The van der Waals surface area contributed by atoms with E-state index in [0.29, 0.717) is 43.0 Å². The molecule has 0 saturated carbocycles. The fourth-order valence-corrected chi connectivity index (χ4v) is 3.27. The first-order valence-electron chi connectivity index (χ1n) is 9.38. The van der Waals surface area contributed by atoms with E-state index in [1.165, 1.54) is 4.88 Å². The predicted molar refractivity (Wildman–Crippen MR) is 116 cm³/mol. The molecule has 3 aromatic rings. The van der Waals surface area contributed by atoms with E-state index in [0.717, 1.165) is 10.6 Å². The molecule has 0 unspecified atom stereocenters. The average Bonchev–Trinajstić information content (AvgIpc) is 3.16. The number of nitrogens with one attached hydrogen (secondary N) is 2. The number of thiazole rings is 1. The van der Waals surface area contributed by atoms with Crippen LogP contribution in [0.25, 0.3) is 0 Å². The Morgan fingerprint density at radius 1 is 1.03 bits per heavy atom. The molecule has 0 bridgehead atoms. The molecule has 0 spiro atoms. The van der Waals surface area contributed by atoms with Crippen molar-refractivity contribution in [2.24, 2.45) is 4.99 Å². The second kappa shape index (κ2) is 10.4. The zero-order valence-corrected chi connectivity index (χ0v) is 17.6. The molecule has 3 rings (SSSR count). The Labute approximate surface area is 174 Å². The van der Waals surface area contributed by atoms with Crippen LogP contribution in [0.4, 0.5) is 0 Å². The van der Waals surface area contributed by atoms with Crippen molar-refractivity contribution in [3.8, 4) is 17.4 Å². The first-order chi connectivity index (χ1) is 14.2. The number of aryl methyl sites for hydroxylation is 1. The maximum absolute atomic E-state index is 5.85. The lowest BCUT2D eigenvalue weighted by Crippen LogP contribution is -2.36. The molecule has 0 atom stereocenters. The van der Waals surface area contributed by atoms with Gasteiger partial charge in [-0.25, -0.2) is 9.97 Å². The van der Waals surface area contributed by atoms with Crippen molar-refractivity contribution in [2.75, 3.05) is 13.7 Å². The average molecular weight is 412 g/mol. The summed E-state index contributed by atoms with van der Waals surface area (Å²) < 4.78 is 11.4. The van der Waals surface area contributed by atoms with E-state index < -0.39 is 0 Å². The Morgan fingerprint density at radius 3 is 2.48 bits per heavy atom. The van der Waals surface area contributed by atoms with Gasteiger partial charge >= 0.3 is 0 Å². The number of benzene rings is 1. The maximum atomic E-state index is 5.85. The van der Waals surface area contributed by atoms with Gasteiger partial charge < -0.3 is 20.1 Å². The van der Waals surface area contributed by atoms with E-state index in [1.54, 1.807) is 24.6 Å². The fraction of sp³-hybridized carbons (Fsp3) is 0.286. The molecule has 152 valence electrons. The van der Waals surface area contributed by atoms with Gasteiger partial charge in [0.05, 0.1) is 13.2 Å². The third kappa shape index (κ3) is 6.18. The van der Waals surface area contributed by atoms with Gasteiger partial charge in [-0.05, 0) is 31.5 Å². The number of aromatic nitrogens is 2. The summed E-state index contributed by atoms with van der Waals surface area (Å²) >= 11 is 1.67. The van der Waals surface area contributed by atoms with Gasteiger partial charge in [-0.15, -0.1) is 11.3 Å². The van der Waals surface area contributed by atoms with Crippen molar-refractivity contribution in [2.45, 2.75) is 26.9 Å². The lowest BCUT2D eigenvalue weighted by atomic mass is 10.3.